The second-order valence-corrected chi connectivity index (χ2v) is 15.5. The zero-order valence-corrected chi connectivity index (χ0v) is 39.5. The number of pyridine rings is 1. The van der Waals surface area contributed by atoms with E-state index in [0.717, 1.165) is 64.4 Å². The number of ketones is 1. The maximum Gasteiger partial charge on any atom is 0.347 e. The number of aromatic nitrogens is 1. The number of carbonyl (C=O) groups is 8. The predicted molar refractivity (Wildman–Crippen MR) is 242 cm³/mol. The Morgan fingerprint density at radius 1 is 1.09 bits per heavy atom. The molecular formula is C47H63F3N6O11. The van der Waals surface area contributed by atoms with Crippen LogP contribution in [0, 0.1) is 18.7 Å². The number of rotatable bonds is 20. The van der Waals surface area contributed by atoms with Gasteiger partial charge in [-0.1, -0.05) is 46.8 Å². The molecule has 3 atom stereocenters. The molecule has 2 aliphatic rings. The lowest BCUT2D eigenvalue weighted by atomic mass is 9.83. The van der Waals surface area contributed by atoms with Crippen LogP contribution in [0.1, 0.15) is 103 Å². The third kappa shape index (κ3) is 15.4. The molecule has 20 heteroatoms. The van der Waals surface area contributed by atoms with Crippen molar-refractivity contribution in [1.29, 1.82) is 0 Å². The van der Waals surface area contributed by atoms with Crippen LogP contribution < -0.4 is 21.7 Å². The molecule has 0 saturated heterocycles. The highest BCUT2D eigenvalue weighted by molar-refractivity contribution is 6.02. The van der Waals surface area contributed by atoms with Crippen LogP contribution in [0.5, 0.6) is 0 Å². The lowest BCUT2D eigenvalue weighted by molar-refractivity contribution is -0.152. The monoisotopic (exact) mass is 944 g/mol. The molecular weight excluding hydrogens is 882 g/mol. The van der Waals surface area contributed by atoms with Gasteiger partial charge in [0.15, 0.2) is 11.9 Å². The summed E-state index contributed by atoms with van der Waals surface area (Å²) in [4.78, 5) is 98.8. The number of amides is 6. The average Bonchev–Trinajstić information content (AvgIpc) is 3.30. The van der Waals surface area contributed by atoms with E-state index in [4.69, 9.17) is 9.72 Å². The lowest BCUT2D eigenvalue weighted by Crippen LogP contribution is -2.49. The van der Waals surface area contributed by atoms with Gasteiger partial charge in [-0.2, -0.15) is 8.78 Å². The first-order chi connectivity index (χ1) is 31.6. The van der Waals surface area contributed by atoms with Crippen LogP contribution in [0.25, 0.3) is 16.5 Å². The minimum atomic E-state index is -3.88. The van der Waals surface area contributed by atoms with E-state index in [1.807, 2.05) is 41.5 Å². The molecule has 67 heavy (non-hydrogen) atoms. The second-order valence-electron chi connectivity index (χ2n) is 15.5. The summed E-state index contributed by atoms with van der Waals surface area (Å²) in [5, 5.41) is 18.3. The van der Waals surface area contributed by atoms with Gasteiger partial charge in [0, 0.05) is 41.5 Å². The Hall–Kier alpha value is -6.28. The summed E-state index contributed by atoms with van der Waals surface area (Å²) in [6, 6.07) is 0.414. The first kappa shape index (κ1) is 56.8. The van der Waals surface area contributed by atoms with E-state index in [1.165, 1.54) is 24.6 Å². The van der Waals surface area contributed by atoms with Crippen molar-refractivity contribution >= 4 is 64.2 Å². The van der Waals surface area contributed by atoms with Crippen molar-refractivity contribution in [2.75, 3.05) is 33.0 Å². The molecule has 368 valence electrons. The molecule has 1 aromatic carbocycles. The first-order valence-electron chi connectivity index (χ1n) is 22.1. The number of allylic oxidation sites excluding steroid dienone is 2. The van der Waals surface area contributed by atoms with Crippen molar-refractivity contribution in [3.8, 4) is 0 Å². The molecule has 0 bridgehead atoms. The fraction of sp³-hybridized carbons (Fsp3) is 0.511. The number of halogens is 3. The number of esters is 1. The Morgan fingerprint density at radius 3 is 2.34 bits per heavy atom. The molecule has 2 aromatic rings. The minimum Gasteiger partial charge on any atom is -0.458 e. The number of hydrogen-bond donors (Lipinski definition) is 5. The number of aliphatic hydroxyl groups excluding tert-OH is 1. The summed E-state index contributed by atoms with van der Waals surface area (Å²) in [6.07, 6.45) is 6.88. The number of aliphatic hydroxyl groups is 1. The fourth-order valence-corrected chi connectivity index (χ4v) is 7.02. The highest BCUT2D eigenvalue weighted by atomic mass is 19.3. The molecule has 0 saturated carbocycles. The summed E-state index contributed by atoms with van der Waals surface area (Å²) in [5.41, 5.74) is 11.2. The van der Waals surface area contributed by atoms with E-state index in [-0.39, 0.29) is 49.1 Å². The van der Waals surface area contributed by atoms with Gasteiger partial charge in [-0.25, -0.2) is 14.2 Å². The summed E-state index contributed by atoms with van der Waals surface area (Å²) < 4.78 is 50.0. The van der Waals surface area contributed by atoms with Gasteiger partial charge >= 0.3 is 11.9 Å². The number of alkyl halides is 2. The molecule has 17 nitrogen and oxygen atoms in total. The molecule has 0 radical (unpaired) electrons. The third-order valence-electron chi connectivity index (χ3n) is 10.9. The number of carbonyl (C=O) groups excluding carboxylic acids is 8. The van der Waals surface area contributed by atoms with E-state index >= 15 is 0 Å². The highest BCUT2D eigenvalue weighted by Crippen LogP contribution is 2.38. The van der Waals surface area contributed by atoms with Crippen LogP contribution in [0.2, 0.25) is 0 Å². The standard InChI is InChI=1S/C28H32FNO4.C17H25F2N5O7.C2H6/c1-6-14(3)26(31)21-13-34-28(33)27(32)20(21)11-15(4)25-17(7-2)19-10-8-9-18-16(5)22(29)12-23(30-25)24(18)19;1-3-4-14(28)24(10-25)6-5-12(26)21-7-13(27)23-11(2)15(29)22-9-31-8-17(18,19)16(20)30;1-2/h11-12,14,27,32H,6-10,13H2,1-5H3;3-4,10-11H,5-9H2,1-2H3,(H2,20,30)(H,21,26)(H,22,29)(H,23,27);1-2H3/b15-11+;4-3-;. The Labute approximate surface area is 388 Å². The van der Waals surface area contributed by atoms with Gasteiger partial charge in [-0.3, -0.25) is 38.5 Å². The number of primary amides is 1. The number of benzene rings is 1. The highest BCUT2D eigenvalue weighted by Gasteiger charge is 2.37. The average molecular weight is 945 g/mol. The Kier molecular flexibility index (Phi) is 22.7. The van der Waals surface area contributed by atoms with Crippen molar-refractivity contribution < 1.29 is 66.1 Å². The number of imide groups is 1. The van der Waals surface area contributed by atoms with Crippen LogP contribution in [-0.4, -0.2) is 114 Å². The number of nitrogens with two attached hydrogens (primary N) is 1. The SMILES string of the molecule is C/C=C\C(=O)N(C=O)CCC(=O)NCC(=O)NC(C)C(=O)NCOCC(F)(F)C(N)=O.CC.CCc1c(/C(C)=C/C2=C(C(=O)C(C)CC)COC(=O)C2O)nc2cc(F)c(C)c3c2c1CCC3. The zero-order valence-electron chi connectivity index (χ0n) is 39.5. The van der Waals surface area contributed by atoms with E-state index in [2.05, 4.69) is 33.3 Å². The van der Waals surface area contributed by atoms with Gasteiger partial charge in [-0.15, -0.1) is 0 Å². The molecule has 6 N–H and O–H groups in total. The minimum absolute atomic E-state index is 0.132. The van der Waals surface area contributed by atoms with Gasteiger partial charge in [0.05, 0.1) is 17.8 Å². The van der Waals surface area contributed by atoms with Crippen LogP contribution in [0.4, 0.5) is 13.2 Å². The lowest BCUT2D eigenvalue weighted by Gasteiger charge is -2.25. The van der Waals surface area contributed by atoms with Gasteiger partial charge in [0.25, 0.3) is 11.8 Å². The molecule has 0 fully saturated rings. The van der Waals surface area contributed by atoms with Crippen molar-refractivity contribution in [3.63, 3.8) is 0 Å². The van der Waals surface area contributed by atoms with E-state index in [1.54, 1.807) is 13.0 Å². The molecule has 2 heterocycles. The fourth-order valence-electron chi connectivity index (χ4n) is 7.02. The maximum atomic E-state index is 14.7. The summed E-state index contributed by atoms with van der Waals surface area (Å²) in [7, 11) is 0. The van der Waals surface area contributed by atoms with Crippen LogP contribution in [0.3, 0.4) is 0 Å². The molecule has 3 unspecified atom stereocenters. The third-order valence-corrected chi connectivity index (χ3v) is 10.9. The largest absolute Gasteiger partial charge is 0.458 e. The molecule has 1 aromatic heterocycles. The van der Waals surface area contributed by atoms with Crippen LogP contribution >= 0.6 is 0 Å². The summed E-state index contributed by atoms with van der Waals surface area (Å²) in [5.74, 6) is -9.86. The van der Waals surface area contributed by atoms with E-state index in [9.17, 15) is 56.6 Å². The van der Waals surface area contributed by atoms with Gasteiger partial charge in [0.2, 0.25) is 24.1 Å². The topological polar surface area (TPSA) is 253 Å². The maximum absolute atomic E-state index is 14.7. The number of ether oxygens (including phenoxy) is 2. The Morgan fingerprint density at radius 2 is 1.75 bits per heavy atom. The van der Waals surface area contributed by atoms with E-state index < -0.39 is 73.5 Å². The smallest absolute Gasteiger partial charge is 0.347 e. The van der Waals surface area contributed by atoms with Gasteiger partial charge in [0.1, 0.15) is 31.8 Å². The van der Waals surface area contributed by atoms with Crippen LogP contribution in [0.15, 0.2) is 35.4 Å². The second kappa shape index (κ2) is 26.8. The van der Waals surface area contributed by atoms with Crippen molar-refractivity contribution in [2.45, 2.75) is 119 Å². The van der Waals surface area contributed by atoms with Crippen molar-refractivity contribution in [2.24, 2.45) is 11.7 Å². The normalized spacial score (nSPS) is 15.5. The number of nitrogens with one attached hydrogen (secondary N) is 3. The molecule has 1 aliphatic carbocycles. The van der Waals surface area contributed by atoms with E-state index in [0.29, 0.717) is 23.1 Å². The molecule has 0 spiro atoms. The number of hydrogen-bond acceptors (Lipinski definition) is 12. The zero-order chi connectivity index (χ0) is 50.8. The van der Waals surface area contributed by atoms with Gasteiger partial charge < -0.3 is 36.3 Å². The molecule has 1 aliphatic heterocycles. The van der Waals surface area contributed by atoms with Crippen molar-refractivity contribution in [1.82, 2.24) is 25.8 Å². The number of nitrogens with zero attached hydrogens (tertiary/aromatic N) is 2. The molecule has 6 amide bonds. The summed E-state index contributed by atoms with van der Waals surface area (Å²) in [6.45, 7) is 13.6. The Bertz CT molecular complexity index is 2280. The molecule has 4 rings (SSSR count). The number of Topliss-reactive ketones (excluding diaryl/α,β-unsaturated/α-hetero) is 1. The number of aryl methyl sites for hydroxylation is 2. The predicted octanol–water partition coefficient (Wildman–Crippen LogP) is 3.76. The van der Waals surface area contributed by atoms with Crippen molar-refractivity contribution in [3.05, 3.63) is 69.2 Å². The first-order valence-corrected chi connectivity index (χ1v) is 22.1. The van der Waals surface area contributed by atoms with Gasteiger partial charge in [-0.05, 0) is 93.7 Å². The summed E-state index contributed by atoms with van der Waals surface area (Å²) >= 11 is 0. The Balaban J connectivity index is 0.000000447. The van der Waals surface area contributed by atoms with Crippen LogP contribution in [-0.2, 0) is 67.1 Å². The quantitative estimate of drug-likeness (QED) is 0.0419. The number of cyclic esters (lactones) is 1.